The van der Waals surface area contributed by atoms with Crippen LogP contribution in [0.15, 0.2) is 46.6 Å². The first-order valence-corrected chi connectivity index (χ1v) is 9.74. The summed E-state index contributed by atoms with van der Waals surface area (Å²) in [5.74, 6) is -0.00728. The van der Waals surface area contributed by atoms with E-state index >= 15 is 0 Å². The van der Waals surface area contributed by atoms with Crippen LogP contribution >= 0.6 is 15.9 Å². The molecule has 0 spiro atoms. The molecule has 0 atom stereocenters. The predicted octanol–water partition coefficient (Wildman–Crippen LogP) is 3.31. The van der Waals surface area contributed by atoms with Crippen molar-refractivity contribution in [2.75, 3.05) is 26.1 Å². The van der Waals surface area contributed by atoms with Crippen molar-refractivity contribution in [3.63, 3.8) is 0 Å². The minimum absolute atomic E-state index is 0.0757. The predicted molar refractivity (Wildman–Crippen MR) is 115 cm³/mol. The number of amides is 4. The van der Waals surface area contributed by atoms with E-state index in [0.29, 0.717) is 22.7 Å². The molecular weight excluding hydrogens is 454 g/mol. The van der Waals surface area contributed by atoms with Crippen molar-refractivity contribution in [3.8, 4) is 11.5 Å². The number of urea groups is 1. The number of carbonyl (C=O) groups excluding carboxylic acids is 3. The lowest BCUT2D eigenvalue weighted by Crippen LogP contribution is -2.38. The molecule has 4 amide bonds. The third-order valence-corrected chi connectivity index (χ3v) is 4.99. The highest BCUT2D eigenvalue weighted by Gasteiger charge is 2.35. The van der Waals surface area contributed by atoms with Crippen molar-refractivity contribution in [1.82, 2.24) is 10.2 Å². The smallest absolute Gasteiger partial charge is 0.329 e. The fraction of sp³-hybridized carbons (Fsp3) is 0.190. The Morgan fingerprint density at radius 3 is 2.40 bits per heavy atom. The van der Waals surface area contributed by atoms with Gasteiger partial charge in [-0.3, -0.25) is 9.59 Å². The standard InChI is InChI=1S/C21H20BrN3O5/c1-12-8-17(29-2)18(30-3)10-13(12)9-16-20(27)25(21(28)24-16)11-19(26)23-15-6-4-14(22)5-7-15/h4-10H,11H2,1-3H3,(H,23,26)(H,24,28)/b16-9-. The summed E-state index contributed by atoms with van der Waals surface area (Å²) in [6.45, 7) is 1.45. The van der Waals surface area contributed by atoms with Gasteiger partial charge in [-0.2, -0.15) is 0 Å². The second-order valence-corrected chi connectivity index (χ2v) is 7.41. The number of ether oxygens (including phenoxy) is 2. The molecule has 3 rings (SSSR count). The van der Waals surface area contributed by atoms with Gasteiger partial charge in [0.15, 0.2) is 11.5 Å². The monoisotopic (exact) mass is 473 g/mol. The van der Waals surface area contributed by atoms with Crippen molar-refractivity contribution in [2.45, 2.75) is 6.92 Å². The fourth-order valence-electron chi connectivity index (χ4n) is 2.90. The van der Waals surface area contributed by atoms with Gasteiger partial charge < -0.3 is 20.1 Å². The summed E-state index contributed by atoms with van der Waals surface area (Å²) in [6.07, 6.45) is 1.55. The molecule has 0 saturated carbocycles. The van der Waals surface area contributed by atoms with E-state index in [4.69, 9.17) is 9.47 Å². The zero-order valence-electron chi connectivity index (χ0n) is 16.6. The lowest BCUT2D eigenvalue weighted by molar-refractivity contribution is -0.127. The number of carbonyl (C=O) groups is 3. The Bertz CT molecular complexity index is 1030. The van der Waals surface area contributed by atoms with Gasteiger partial charge in [0.05, 0.1) is 14.2 Å². The molecule has 8 nitrogen and oxygen atoms in total. The highest BCUT2D eigenvalue weighted by atomic mass is 79.9. The summed E-state index contributed by atoms with van der Waals surface area (Å²) in [5, 5.41) is 5.17. The molecule has 156 valence electrons. The minimum atomic E-state index is -0.657. The number of imide groups is 1. The molecule has 1 aliphatic rings. The van der Waals surface area contributed by atoms with Crippen LogP contribution in [0.25, 0.3) is 6.08 Å². The molecule has 2 N–H and O–H groups in total. The normalized spacial score (nSPS) is 14.7. The molecule has 1 fully saturated rings. The molecule has 2 aromatic rings. The first-order chi connectivity index (χ1) is 14.3. The van der Waals surface area contributed by atoms with Gasteiger partial charge in [-0.15, -0.1) is 0 Å². The number of benzene rings is 2. The summed E-state index contributed by atoms with van der Waals surface area (Å²) in [7, 11) is 3.05. The van der Waals surface area contributed by atoms with Gasteiger partial charge in [0, 0.05) is 10.2 Å². The van der Waals surface area contributed by atoms with Gasteiger partial charge in [0.2, 0.25) is 5.91 Å². The maximum atomic E-state index is 12.7. The number of anilines is 1. The maximum Gasteiger partial charge on any atom is 0.329 e. The van der Waals surface area contributed by atoms with Gasteiger partial charge in [-0.25, -0.2) is 9.69 Å². The van der Waals surface area contributed by atoms with Crippen molar-refractivity contribution in [3.05, 3.63) is 57.7 Å². The second kappa shape index (κ2) is 9.00. The number of methoxy groups -OCH3 is 2. The average Bonchev–Trinajstić information content (AvgIpc) is 2.98. The average molecular weight is 474 g/mol. The number of halogens is 1. The third kappa shape index (κ3) is 4.62. The third-order valence-electron chi connectivity index (χ3n) is 4.46. The van der Waals surface area contributed by atoms with Crippen LogP contribution in [-0.4, -0.2) is 43.5 Å². The highest BCUT2D eigenvalue weighted by molar-refractivity contribution is 9.10. The van der Waals surface area contributed by atoms with Crippen molar-refractivity contribution < 1.29 is 23.9 Å². The van der Waals surface area contributed by atoms with Gasteiger partial charge in [0.1, 0.15) is 12.2 Å². The van der Waals surface area contributed by atoms with Gasteiger partial charge in [-0.05, 0) is 60.5 Å². The molecule has 0 radical (unpaired) electrons. The Morgan fingerprint density at radius 1 is 1.13 bits per heavy atom. The molecule has 2 aromatic carbocycles. The van der Waals surface area contributed by atoms with E-state index in [1.807, 2.05) is 6.92 Å². The summed E-state index contributed by atoms with van der Waals surface area (Å²) >= 11 is 3.31. The van der Waals surface area contributed by atoms with Crippen molar-refractivity contribution in [2.24, 2.45) is 0 Å². The molecule has 1 saturated heterocycles. The van der Waals surface area contributed by atoms with Crippen LogP contribution in [0.1, 0.15) is 11.1 Å². The number of nitrogens with one attached hydrogen (secondary N) is 2. The number of rotatable bonds is 6. The molecule has 0 aliphatic carbocycles. The van der Waals surface area contributed by atoms with Crippen LogP contribution in [0.5, 0.6) is 11.5 Å². The molecule has 0 bridgehead atoms. The molecule has 30 heavy (non-hydrogen) atoms. The fourth-order valence-corrected chi connectivity index (χ4v) is 3.16. The van der Waals surface area contributed by atoms with E-state index in [2.05, 4.69) is 26.6 Å². The van der Waals surface area contributed by atoms with E-state index in [9.17, 15) is 14.4 Å². The Hall–Kier alpha value is -3.33. The van der Waals surface area contributed by atoms with Crippen LogP contribution < -0.4 is 20.1 Å². The van der Waals surface area contributed by atoms with Gasteiger partial charge in [-0.1, -0.05) is 15.9 Å². The molecule has 0 aromatic heterocycles. The summed E-state index contributed by atoms with van der Waals surface area (Å²) < 4.78 is 11.4. The lowest BCUT2D eigenvalue weighted by Gasteiger charge is -2.12. The quantitative estimate of drug-likeness (QED) is 0.495. The molecule has 0 unspecified atom stereocenters. The van der Waals surface area contributed by atoms with E-state index in [-0.39, 0.29) is 5.70 Å². The Kier molecular flexibility index (Phi) is 6.41. The Labute approximate surface area is 182 Å². The van der Waals surface area contributed by atoms with Crippen molar-refractivity contribution in [1.29, 1.82) is 0 Å². The molecule has 1 aliphatic heterocycles. The van der Waals surface area contributed by atoms with Crippen LogP contribution in [0.4, 0.5) is 10.5 Å². The minimum Gasteiger partial charge on any atom is -0.493 e. The van der Waals surface area contributed by atoms with E-state index in [1.165, 1.54) is 14.2 Å². The number of hydrogen-bond acceptors (Lipinski definition) is 5. The number of aryl methyl sites for hydroxylation is 1. The molecule has 1 heterocycles. The zero-order chi connectivity index (χ0) is 21.8. The second-order valence-electron chi connectivity index (χ2n) is 6.50. The Morgan fingerprint density at radius 2 is 1.77 bits per heavy atom. The molecule has 9 heteroatoms. The van der Waals surface area contributed by atoms with Crippen LogP contribution in [-0.2, 0) is 9.59 Å². The number of nitrogens with zero attached hydrogens (tertiary/aromatic N) is 1. The topological polar surface area (TPSA) is 97.0 Å². The zero-order valence-corrected chi connectivity index (χ0v) is 18.2. The highest BCUT2D eigenvalue weighted by Crippen LogP contribution is 2.31. The van der Waals surface area contributed by atoms with E-state index in [0.717, 1.165) is 14.9 Å². The van der Waals surface area contributed by atoms with Gasteiger partial charge >= 0.3 is 6.03 Å². The summed E-state index contributed by atoms with van der Waals surface area (Å²) in [4.78, 5) is 38.1. The molecular formula is C21H20BrN3O5. The first kappa shape index (κ1) is 21.4. The van der Waals surface area contributed by atoms with Crippen molar-refractivity contribution >= 4 is 45.5 Å². The van der Waals surface area contributed by atoms with Crippen LogP contribution in [0, 0.1) is 6.92 Å². The lowest BCUT2D eigenvalue weighted by atomic mass is 10.1. The Balaban J connectivity index is 1.76. The largest absolute Gasteiger partial charge is 0.493 e. The summed E-state index contributed by atoms with van der Waals surface area (Å²) in [5.41, 5.74) is 2.14. The van der Waals surface area contributed by atoms with Gasteiger partial charge in [0.25, 0.3) is 5.91 Å². The van der Waals surface area contributed by atoms with Crippen LogP contribution in [0.3, 0.4) is 0 Å². The van der Waals surface area contributed by atoms with E-state index in [1.54, 1.807) is 42.5 Å². The number of hydrogen-bond donors (Lipinski definition) is 2. The summed E-state index contributed by atoms with van der Waals surface area (Å²) in [6, 6.07) is 9.79. The van der Waals surface area contributed by atoms with Crippen LogP contribution in [0.2, 0.25) is 0 Å². The first-order valence-electron chi connectivity index (χ1n) is 8.95. The SMILES string of the molecule is COc1cc(C)c(/C=C2\NC(=O)N(CC(=O)Nc3ccc(Br)cc3)C2=O)cc1OC. The maximum absolute atomic E-state index is 12.7. The van der Waals surface area contributed by atoms with E-state index < -0.39 is 24.4 Å².